The van der Waals surface area contributed by atoms with E-state index in [0.717, 1.165) is 4.21 Å². The van der Waals surface area contributed by atoms with Gasteiger partial charge in [0, 0.05) is 10.9 Å². The average molecular weight is 162 g/mol. The molecule has 0 radical (unpaired) electrons. The highest BCUT2D eigenvalue weighted by molar-refractivity contribution is 7.86. The van der Waals surface area contributed by atoms with Crippen molar-refractivity contribution in [2.75, 3.05) is 5.73 Å². The molecule has 0 saturated heterocycles. The van der Waals surface area contributed by atoms with Crippen LogP contribution in [0.4, 0.5) is 5.13 Å². The Labute approximate surface area is 58.9 Å². The van der Waals surface area contributed by atoms with Gasteiger partial charge in [0.05, 0.1) is 6.20 Å². The van der Waals surface area contributed by atoms with E-state index in [1.807, 2.05) is 0 Å². The molecule has 0 aliphatic rings. The molecule has 1 atom stereocenters. The Morgan fingerprint density at radius 2 is 2.44 bits per heavy atom. The molecule has 1 aromatic rings. The van der Waals surface area contributed by atoms with E-state index < -0.39 is 10.9 Å². The van der Waals surface area contributed by atoms with Crippen molar-refractivity contribution in [3.8, 4) is 0 Å². The van der Waals surface area contributed by atoms with Crippen LogP contribution in [0.2, 0.25) is 0 Å². The Morgan fingerprint density at radius 1 is 1.78 bits per heavy atom. The minimum atomic E-state index is -0.932. The molecule has 6 heteroatoms. The van der Waals surface area contributed by atoms with Gasteiger partial charge in [-0.1, -0.05) is 11.3 Å². The molecule has 0 aromatic carbocycles. The second-order valence-corrected chi connectivity index (χ2v) is 3.79. The number of rotatable bonds is 1. The molecule has 0 aliphatic carbocycles. The Balaban J connectivity index is 2.98. The molecule has 0 amide bonds. The van der Waals surface area contributed by atoms with Gasteiger partial charge < -0.3 is 5.73 Å². The van der Waals surface area contributed by atoms with Crippen LogP contribution in [-0.2, 0) is 10.9 Å². The lowest BCUT2D eigenvalue weighted by molar-refractivity contribution is 1.37. The summed E-state index contributed by atoms with van der Waals surface area (Å²) < 4.78 is 7.78. The van der Waals surface area contributed by atoms with Gasteiger partial charge in [0.2, 0.25) is 0 Å². The van der Waals surface area contributed by atoms with Crippen LogP contribution in [0.15, 0.2) is 10.4 Å². The molecule has 1 heterocycles. The number of nitrogens with two attached hydrogens (primary N) is 2. The number of aromatic nitrogens is 1. The predicted octanol–water partition coefficient (Wildman–Crippen LogP) is 0.339. The Hall–Kier alpha value is -0.460. The highest BCUT2D eigenvalue weighted by Gasteiger charge is 1.97. The molecule has 0 fully saturated rings. The first-order chi connectivity index (χ1) is 4.20. The van der Waals surface area contributed by atoms with E-state index in [2.05, 4.69) is 4.98 Å². The lowest BCUT2D eigenvalue weighted by Crippen LogP contribution is -1.97. The molecule has 50 valence electrons. The molecular formula is C3H6N4S2. The largest absolute Gasteiger partial charge is 0.375 e. The van der Waals surface area contributed by atoms with Crippen molar-refractivity contribution in [2.45, 2.75) is 4.21 Å². The first-order valence-corrected chi connectivity index (χ1v) is 4.22. The number of nitrogens with one attached hydrogen (secondary N) is 1. The standard InChI is InChI=1S/C3H6N4S2/c4-3-7-1-2(8-3)9(5)6/h1H,(H2,4,7)(H3,5,6). The van der Waals surface area contributed by atoms with E-state index in [9.17, 15) is 0 Å². The number of nitrogens with zero attached hydrogens (tertiary/aromatic N) is 1. The molecule has 9 heavy (non-hydrogen) atoms. The van der Waals surface area contributed by atoms with E-state index in [1.165, 1.54) is 17.5 Å². The summed E-state index contributed by atoms with van der Waals surface area (Å²) in [7, 11) is -0.932. The van der Waals surface area contributed by atoms with Crippen molar-refractivity contribution >= 4 is 27.3 Å². The topological polar surface area (TPSA) is 88.8 Å². The van der Waals surface area contributed by atoms with Gasteiger partial charge in [-0.2, -0.15) is 0 Å². The third-order valence-corrected chi connectivity index (χ3v) is 2.67. The smallest absolute Gasteiger partial charge is 0.181 e. The Morgan fingerprint density at radius 3 is 2.67 bits per heavy atom. The van der Waals surface area contributed by atoms with E-state index in [0.29, 0.717) is 5.13 Å². The van der Waals surface area contributed by atoms with E-state index in [-0.39, 0.29) is 0 Å². The van der Waals surface area contributed by atoms with Crippen LogP contribution in [0, 0.1) is 4.78 Å². The summed E-state index contributed by atoms with van der Waals surface area (Å²) >= 11 is 1.26. The van der Waals surface area contributed by atoms with Crippen molar-refractivity contribution in [1.29, 1.82) is 4.78 Å². The van der Waals surface area contributed by atoms with Gasteiger partial charge in [0.1, 0.15) is 4.21 Å². The fraction of sp³-hybridized carbons (Fsp3) is 0. The highest BCUT2D eigenvalue weighted by atomic mass is 32.2. The zero-order valence-electron chi connectivity index (χ0n) is 4.50. The average Bonchev–Trinajstić information content (AvgIpc) is 2.14. The molecule has 0 aliphatic heterocycles. The Kier molecular flexibility index (Phi) is 1.79. The van der Waals surface area contributed by atoms with Crippen LogP contribution in [0.3, 0.4) is 0 Å². The van der Waals surface area contributed by atoms with Gasteiger partial charge in [-0.25, -0.2) is 4.98 Å². The second-order valence-electron chi connectivity index (χ2n) is 1.36. The van der Waals surface area contributed by atoms with Gasteiger partial charge >= 0.3 is 0 Å². The predicted molar refractivity (Wildman–Crippen MR) is 39.1 cm³/mol. The number of thiazole rings is 1. The van der Waals surface area contributed by atoms with E-state index in [1.54, 1.807) is 0 Å². The minimum absolute atomic E-state index is 0.472. The van der Waals surface area contributed by atoms with Crippen molar-refractivity contribution in [3.63, 3.8) is 0 Å². The van der Waals surface area contributed by atoms with Crippen LogP contribution in [-0.4, -0.2) is 4.98 Å². The van der Waals surface area contributed by atoms with Crippen molar-refractivity contribution in [1.82, 2.24) is 4.98 Å². The van der Waals surface area contributed by atoms with E-state index >= 15 is 0 Å². The third kappa shape index (κ3) is 1.47. The first kappa shape index (κ1) is 6.66. The third-order valence-electron chi connectivity index (χ3n) is 0.719. The fourth-order valence-corrected chi connectivity index (χ4v) is 1.57. The number of anilines is 1. The summed E-state index contributed by atoms with van der Waals surface area (Å²) in [6, 6.07) is 0. The maximum atomic E-state index is 7.05. The second kappa shape index (κ2) is 2.42. The van der Waals surface area contributed by atoms with Crippen LogP contribution in [0.1, 0.15) is 0 Å². The van der Waals surface area contributed by atoms with Crippen LogP contribution in [0.25, 0.3) is 0 Å². The van der Waals surface area contributed by atoms with Crippen molar-refractivity contribution < 1.29 is 0 Å². The molecule has 1 aromatic heterocycles. The maximum Gasteiger partial charge on any atom is 0.181 e. The van der Waals surface area contributed by atoms with Crippen LogP contribution >= 0.6 is 11.3 Å². The first-order valence-electron chi connectivity index (χ1n) is 2.11. The SMILES string of the molecule is N=[S@@](N)c1cnc(N)s1. The molecule has 0 spiro atoms. The highest BCUT2D eigenvalue weighted by Crippen LogP contribution is 2.15. The lowest BCUT2D eigenvalue weighted by atomic mass is 11.0. The maximum absolute atomic E-state index is 7.05. The summed E-state index contributed by atoms with van der Waals surface area (Å²) in [5.41, 5.74) is 5.29. The van der Waals surface area contributed by atoms with Crippen LogP contribution < -0.4 is 10.9 Å². The van der Waals surface area contributed by atoms with Gasteiger partial charge in [-0.3, -0.25) is 9.92 Å². The zero-order valence-corrected chi connectivity index (χ0v) is 6.13. The lowest BCUT2D eigenvalue weighted by Gasteiger charge is -1.85. The fourth-order valence-electron chi connectivity index (χ4n) is 0.374. The summed E-state index contributed by atoms with van der Waals surface area (Å²) in [6.45, 7) is 0. The molecule has 4 nitrogen and oxygen atoms in total. The van der Waals surface area contributed by atoms with Crippen molar-refractivity contribution in [3.05, 3.63) is 6.20 Å². The van der Waals surface area contributed by atoms with Gasteiger partial charge in [0.25, 0.3) is 0 Å². The summed E-state index contributed by atoms with van der Waals surface area (Å²) in [4.78, 5) is 3.74. The van der Waals surface area contributed by atoms with E-state index in [4.69, 9.17) is 15.7 Å². The minimum Gasteiger partial charge on any atom is -0.375 e. The molecule has 0 bridgehead atoms. The van der Waals surface area contributed by atoms with Gasteiger partial charge in [-0.15, -0.1) is 0 Å². The summed E-state index contributed by atoms with van der Waals surface area (Å²) in [5.74, 6) is 0. The number of hydrogen-bond acceptors (Lipinski definition) is 4. The monoisotopic (exact) mass is 162 g/mol. The molecule has 5 N–H and O–H groups in total. The molecular weight excluding hydrogens is 156 g/mol. The van der Waals surface area contributed by atoms with Gasteiger partial charge in [-0.05, 0) is 0 Å². The normalized spacial score (nSPS) is 13.4. The molecule has 0 saturated carbocycles. The summed E-state index contributed by atoms with van der Waals surface area (Å²) in [6.07, 6.45) is 1.54. The summed E-state index contributed by atoms with van der Waals surface area (Å²) in [5, 5.41) is 5.71. The Bertz CT molecular complexity index is 229. The number of nitrogen functional groups attached to an aromatic ring is 1. The zero-order chi connectivity index (χ0) is 6.85. The van der Waals surface area contributed by atoms with Crippen molar-refractivity contribution in [2.24, 2.45) is 5.14 Å². The molecule has 0 unspecified atom stereocenters. The van der Waals surface area contributed by atoms with Crippen LogP contribution in [0.5, 0.6) is 0 Å². The van der Waals surface area contributed by atoms with Gasteiger partial charge in [0.15, 0.2) is 5.13 Å². The molecule has 1 rings (SSSR count). The quantitative estimate of drug-likeness (QED) is 0.556. The number of hydrogen-bond donors (Lipinski definition) is 3.